The van der Waals surface area contributed by atoms with Gasteiger partial charge in [0.25, 0.3) is 0 Å². The van der Waals surface area contributed by atoms with Gasteiger partial charge in [-0.1, -0.05) is 42.5 Å². The van der Waals surface area contributed by atoms with Crippen LogP contribution in [0.25, 0.3) is 5.57 Å². The molecule has 1 aliphatic carbocycles. The number of halogens is 2. The highest BCUT2D eigenvalue weighted by atomic mass is 127. The first kappa shape index (κ1) is 15.2. The summed E-state index contributed by atoms with van der Waals surface area (Å²) >= 11 is 1.96. The second-order valence-electron chi connectivity index (χ2n) is 5.24. The molecule has 0 aliphatic heterocycles. The van der Waals surface area contributed by atoms with Gasteiger partial charge in [0.1, 0.15) is 5.82 Å². The summed E-state index contributed by atoms with van der Waals surface area (Å²) in [6.45, 7) is 0. The molecule has 1 N–H and O–H groups in total. The molecule has 112 valence electrons. The third-order valence-electron chi connectivity index (χ3n) is 4.00. The van der Waals surface area contributed by atoms with Gasteiger partial charge >= 0.3 is 0 Å². The van der Waals surface area contributed by atoms with E-state index in [1.165, 1.54) is 6.07 Å². The summed E-state index contributed by atoms with van der Waals surface area (Å²) < 4.78 is 14.3. The molecule has 0 heterocycles. The van der Waals surface area contributed by atoms with Crippen molar-refractivity contribution < 1.29 is 9.18 Å². The third-order valence-corrected chi connectivity index (χ3v) is 5.09. The van der Waals surface area contributed by atoms with Gasteiger partial charge in [0.2, 0.25) is 0 Å². The van der Waals surface area contributed by atoms with E-state index in [1.807, 2.05) is 66.0 Å². The molecule has 1 unspecified atom stereocenters. The molecular formula is C18H15FINO. The van der Waals surface area contributed by atoms with Gasteiger partial charge in [-0.05, 0) is 34.2 Å². The van der Waals surface area contributed by atoms with Crippen LogP contribution in [0.4, 0.5) is 4.39 Å². The average Bonchev–Trinajstić information content (AvgIpc) is 2.87. The number of hydrogen-bond acceptors (Lipinski definition) is 2. The molecule has 4 heteroatoms. The summed E-state index contributed by atoms with van der Waals surface area (Å²) in [6.07, 6.45) is 0.626. The maximum atomic E-state index is 13.8. The van der Waals surface area contributed by atoms with Crippen LogP contribution >= 0.6 is 22.6 Å². The highest BCUT2D eigenvalue weighted by Gasteiger charge is 2.35. The van der Waals surface area contributed by atoms with Crippen molar-refractivity contribution in [1.82, 2.24) is 5.32 Å². The minimum atomic E-state index is -0.294. The molecule has 0 amide bonds. The van der Waals surface area contributed by atoms with Gasteiger partial charge < -0.3 is 5.32 Å². The second kappa shape index (κ2) is 6.20. The summed E-state index contributed by atoms with van der Waals surface area (Å²) in [7, 11) is 1.81. The number of Topliss-reactive ketones (excluding diaryl/α,β-unsaturated/α-hetero) is 1. The predicted molar refractivity (Wildman–Crippen MR) is 93.9 cm³/mol. The molecule has 22 heavy (non-hydrogen) atoms. The lowest BCUT2D eigenvalue weighted by Crippen LogP contribution is -2.09. The Labute approximate surface area is 142 Å². The number of carbonyl (C=O) groups excluding carboxylic acids is 1. The van der Waals surface area contributed by atoms with Gasteiger partial charge in [0.15, 0.2) is 5.78 Å². The lowest BCUT2D eigenvalue weighted by Gasteiger charge is -2.10. The number of ketones is 1. The molecule has 3 rings (SSSR count). The molecule has 0 saturated carbocycles. The molecule has 2 aromatic carbocycles. The molecule has 0 saturated heterocycles. The highest BCUT2D eigenvalue weighted by molar-refractivity contribution is 14.1. The molecule has 1 aliphatic rings. The van der Waals surface area contributed by atoms with Gasteiger partial charge in [-0.25, -0.2) is 4.39 Å². The van der Waals surface area contributed by atoms with Gasteiger partial charge in [-0.15, -0.1) is 0 Å². The fourth-order valence-electron chi connectivity index (χ4n) is 2.90. The van der Waals surface area contributed by atoms with Crippen molar-refractivity contribution in [1.29, 1.82) is 0 Å². The lowest BCUT2D eigenvalue weighted by molar-refractivity contribution is -0.114. The van der Waals surface area contributed by atoms with Crippen molar-refractivity contribution >= 4 is 33.9 Å². The van der Waals surface area contributed by atoms with Crippen LogP contribution in [0.1, 0.15) is 23.5 Å². The number of hydrogen-bond donors (Lipinski definition) is 1. The molecule has 0 aromatic heterocycles. The van der Waals surface area contributed by atoms with E-state index in [0.717, 1.165) is 11.3 Å². The maximum absolute atomic E-state index is 13.8. The zero-order valence-corrected chi connectivity index (χ0v) is 14.2. The third kappa shape index (κ3) is 2.56. The van der Waals surface area contributed by atoms with Crippen LogP contribution in [-0.2, 0) is 4.79 Å². The Bertz CT molecular complexity index is 755. The van der Waals surface area contributed by atoms with E-state index >= 15 is 0 Å². The van der Waals surface area contributed by atoms with Crippen molar-refractivity contribution in [2.24, 2.45) is 0 Å². The van der Waals surface area contributed by atoms with E-state index in [0.29, 0.717) is 21.1 Å². The van der Waals surface area contributed by atoms with E-state index < -0.39 is 0 Å². The van der Waals surface area contributed by atoms with Gasteiger partial charge in [-0.2, -0.15) is 0 Å². The van der Waals surface area contributed by atoms with Gasteiger partial charge in [0.05, 0.1) is 9.49 Å². The molecule has 0 fully saturated rings. The number of rotatable bonds is 3. The van der Waals surface area contributed by atoms with E-state index in [9.17, 15) is 9.18 Å². The van der Waals surface area contributed by atoms with Gasteiger partial charge in [-0.3, -0.25) is 4.79 Å². The normalized spacial score (nSPS) is 18.0. The summed E-state index contributed by atoms with van der Waals surface area (Å²) in [5.41, 5.74) is 3.16. The van der Waals surface area contributed by atoms with Crippen LogP contribution in [-0.4, -0.2) is 12.8 Å². The monoisotopic (exact) mass is 407 g/mol. The Hall–Kier alpha value is -1.69. The predicted octanol–water partition coefficient (Wildman–Crippen LogP) is 4.12. The van der Waals surface area contributed by atoms with E-state index in [-0.39, 0.29) is 17.5 Å². The van der Waals surface area contributed by atoms with Crippen molar-refractivity contribution in [3.8, 4) is 0 Å². The van der Waals surface area contributed by atoms with Crippen LogP contribution < -0.4 is 5.32 Å². The van der Waals surface area contributed by atoms with Gasteiger partial charge in [0, 0.05) is 30.3 Å². The van der Waals surface area contributed by atoms with Crippen molar-refractivity contribution in [2.45, 2.75) is 12.3 Å². The highest BCUT2D eigenvalue weighted by Crippen LogP contribution is 2.40. The number of carbonyl (C=O) groups is 1. The number of nitrogens with one attached hydrogen (secondary N) is 1. The minimum Gasteiger partial charge on any atom is -0.391 e. The topological polar surface area (TPSA) is 29.1 Å². The number of allylic oxidation sites excluding steroid dienone is 2. The SMILES string of the molecule is CNC1=C(c2cccc(F)c2I)C(=O)C(c2ccccc2)C1. The first-order chi connectivity index (χ1) is 10.6. The van der Waals surface area contributed by atoms with Crippen molar-refractivity contribution in [2.75, 3.05) is 7.05 Å². The standard InChI is InChI=1S/C18H15FINO/c1-21-15-10-13(11-6-3-2-4-7-11)18(22)16(15)12-8-5-9-14(19)17(12)20/h2-9,13,21H,10H2,1H3. The Morgan fingerprint density at radius 3 is 2.55 bits per heavy atom. The summed E-state index contributed by atoms with van der Waals surface area (Å²) in [5, 5.41) is 3.12. The fraction of sp³-hybridized carbons (Fsp3) is 0.167. The zero-order valence-electron chi connectivity index (χ0n) is 12.1. The average molecular weight is 407 g/mol. The lowest BCUT2D eigenvalue weighted by atomic mass is 9.93. The molecular weight excluding hydrogens is 392 g/mol. The van der Waals surface area contributed by atoms with Crippen LogP contribution in [0.3, 0.4) is 0 Å². The second-order valence-corrected chi connectivity index (χ2v) is 6.32. The fourth-order valence-corrected chi connectivity index (χ4v) is 3.52. The zero-order chi connectivity index (χ0) is 15.7. The Morgan fingerprint density at radius 2 is 1.86 bits per heavy atom. The first-order valence-corrected chi connectivity index (χ1v) is 8.15. The van der Waals surface area contributed by atoms with Crippen LogP contribution in [0.2, 0.25) is 0 Å². The Kier molecular flexibility index (Phi) is 4.29. The molecule has 0 radical (unpaired) electrons. The van der Waals surface area contributed by atoms with E-state index in [4.69, 9.17) is 0 Å². The van der Waals surface area contributed by atoms with Crippen LogP contribution in [0.5, 0.6) is 0 Å². The molecule has 2 aromatic rings. The van der Waals surface area contributed by atoms with Crippen LogP contribution in [0, 0.1) is 9.39 Å². The Balaban J connectivity index is 2.06. The van der Waals surface area contributed by atoms with E-state index in [2.05, 4.69) is 5.32 Å². The van der Waals surface area contributed by atoms with Crippen LogP contribution in [0.15, 0.2) is 54.2 Å². The largest absolute Gasteiger partial charge is 0.391 e. The quantitative estimate of drug-likeness (QED) is 0.776. The van der Waals surface area contributed by atoms with Crippen molar-refractivity contribution in [3.05, 3.63) is 74.7 Å². The first-order valence-electron chi connectivity index (χ1n) is 7.08. The maximum Gasteiger partial charge on any atom is 0.173 e. The summed E-state index contributed by atoms with van der Waals surface area (Å²) in [4.78, 5) is 12.9. The number of benzene rings is 2. The van der Waals surface area contributed by atoms with Crippen molar-refractivity contribution in [3.63, 3.8) is 0 Å². The molecule has 1 atom stereocenters. The molecule has 0 spiro atoms. The Morgan fingerprint density at radius 1 is 1.14 bits per heavy atom. The smallest absolute Gasteiger partial charge is 0.173 e. The minimum absolute atomic E-state index is 0.0547. The van der Waals surface area contributed by atoms with E-state index in [1.54, 1.807) is 6.07 Å². The summed E-state index contributed by atoms with van der Waals surface area (Å²) in [5.74, 6) is -0.436. The molecule has 2 nitrogen and oxygen atoms in total. The molecule has 0 bridgehead atoms. The summed E-state index contributed by atoms with van der Waals surface area (Å²) in [6, 6.07) is 14.6.